The lowest BCUT2D eigenvalue weighted by molar-refractivity contribution is -0.143. The van der Waals surface area contributed by atoms with Crippen LogP contribution in [0.25, 0.3) is 11.0 Å². The molecule has 0 aliphatic rings. The molecule has 3 rings (SSSR count). The van der Waals surface area contributed by atoms with Gasteiger partial charge in [0.15, 0.2) is 0 Å². The summed E-state index contributed by atoms with van der Waals surface area (Å²) in [4.78, 5) is 43.8. The van der Waals surface area contributed by atoms with Crippen LogP contribution in [0.4, 0.5) is 0 Å². The number of carboxylic acid groups (broad SMARTS) is 1. The smallest absolute Gasteiger partial charge is 0.315 e. The number of fused-ring (bicyclic) bond motifs is 1. The van der Waals surface area contributed by atoms with Gasteiger partial charge in [0.2, 0.25) is 0 Å². The topological polar surface area (TPSA) is 119 Å². The summed E-state index contributed by atoms with van der Waals surface area (Å²) in [5.41, 5.74) is 0.302. The van der Waals surface area contributed by atoms with E-state index in [1.54, 1.807) is 31.3 Å². The van der Waals surface area contributed by atoms with Gasteiger partial charge in [-0.05, 0) is 49.1 Å². The van der Waals surface area contributed by atoms with Crippen molar-refractivity contribution in [2.24, 2.45) is 0 Å². The van der Waals surface area contributed by atoms with Gasteiger partial charge in [-0.2, -0.15) is 0 Å². The second-order valence-corrected chi connectivity index (χ2v) is 7.25. The molecule has 0 saturated heterocycles. The van der Waals surface area contributed by atoms with Crippen molar-refractivity contribution < 1.29 is 9.90 Å². The fourth-order valence-electron chi connectivity index (χ4n) is 3.22. The Morgan fingerprint density at radius 3 is 2.50 bits per heavy atom. The first kappa shape index (κ1) is 18.2. The fourth-order valence-corrected chi connectivity index (χ4v) is 3.97. The zero-order chi connectivity index (χ0) is 19.1. The number of nitrogens with one attached hydrogen (secondary N) is 3. The lowest BCUT2D eigenvalue weighted by Crippen LogP contribution is -2.36. The van der Waals surface area contributed by atoms with Crippen molar-refractivity contribution in [3.63, 3.8) is 0 Å². The van der Waals surface area contributed by atoms with E-state index in [9.17, 15) is 19.5 Å². The molecule has 2 heterocycles. The molecular formula is C18H18BrN3O4. The molecule has 0 aliphatic carbocycles. The van der Waals surface area contributed by atoms with Crippen LogP contribution in [0.1, 0.15) is 30.7 Å². The van der Waals surface area contributed by atoms with Crippen LogP contribution >= 0.6 is 15.9 Å². The van der Waals surface area contributed by atoms with E-state index in [0.29, 0.717) is 28.7 Å². The predicted octanol–water partition coefficient (Wildman–Crippen LogP) is 2.45. The van der Waals surface area contributed by atoms with Crippen LogP contribution in [0.5, 0.6) is 0 Å². The molecule has 0 saturated carbocycles. The van der Waals surface area contributed by atoms with Gasteiger partial charge in [0.1, 0.15) is 5.41 Å². The first-order chi connectivity index (χ1) is 12.3. The number of aliphatic carboxylic acids is 1. The molecular weight excluding hydrogens is 402 g/mol. The van der Waals surface area contributed by atoms with Crippen molar-refractivity contribution in [3.05, 3.63) is 66.4 Å². The Morgan fingerprint density at radius 2 is 1.92 bits per heavy atom. The maximum Gasteiger partial charge on any atom is 0.315 e. The standard InChI is InChI=1S/C18H18BrN3O4/c1-3-9-10(8-18(2,17(25)26)13-5-4-6-20-13)14-12(7-11(9)19)21-15(23)16(24)22-14/h4-7,20H,3,8H2,1-2H3,(H,21,23)(H,22,24)(H,25,26). The first-order valence-electron chi connectivity index (χ1n) is 8.11. The van der Waals surface area contributed by atoms with E-state index < -0.39 is 22.5 Å². The number of carbonyl (C=O) groups is 1. The van der Waals surface area contributed by atoms with E-state index in [4.69, 9.17) is 0 Å². The predicted molar refractivity (Wildman–Crippen MR) is 102 cm³/mol. The number of aromatic amines is 3. The van der Waals surface area contributed by atoms with Gasteiger partial charge in [-0.15, -0.1) is 0 Å². The molecule has 1 atom stereocenters. The van der Waals surface area contributed by atoms with Crippen LogP contribution in [0.2, 0.25) is 0 Å². The van der Waals surface area contributed by atoms with E-state index in [1.165, 1.54) is 0 Å². The van der Waals surface area contributed by atoms with Crippen molar-refractivity contribution in [3.8, 4) is 0 Å². The summed E-state index contributed by atoms with van der Waals surface area (Å²) in [5.74, 6) is -0.984. The summed E-state index contributed by atoms with van der Waals surface area (Å²) in [5, 5.41) is 9.91. The number of H-pyrrole nitrogens is 3. The summed E-state index contributed by atoms with van der Waals surface area (Å²) in [6.07, 6.45) is 2.45. The van der Waals surface area contributed by atoms with E-state index >= 15 is 0 Å². The number of aromatic nitrogens is 3. The number of hydrogen-bond acceptors (Lipinski definition) is 3. The number of rotatable bonds is 5. The van der Waals surface area contributed by atoms with Gasteiger partial charge in [-0.25, -0.2) is 0 Å². The van der Waals surface area contributed by atoms with Crippen LogP contribution in [-0.4, -0.2) is 26.0 Å². The van der Waals surface area contributed by atoms with Crippen molar-refractivity contribution >= 4 is 32.9 Å². The Kier molecular flexibility index (Phi) is 4.62. The lowest BCUT2D eigenvalue weighted by Gasteiger charge is -2.26. The van der Waals surface area contributed by atoms with E-state index in [0.717, 1.165) is 10.0 Å². The molecule has 136 valence electrons. The maximum atomic E-state index is 12.1. The first-order valence-corrected chi connectivity index (χ1v) is 8.91. The van der Waals surface area contributed by atoms with Crippen LogP contribution in [0.3, 0.4) is 0 Å². The molecule has 1 aromatic carbocycles. The number of hydrogen-bond donors (Lipinski definition) is 4. The van der Waals surface area contributed by atoms with Crippen LogP contribution < -0.4 is 11.1 Å². The second-order valence-electron chi connectivity index (χ2n) is 6.40. The Hall–Kier alpha value is -2.61. The zero-order valence-electron chi connectivity index (χ0n) is 14.3. The van der Waals surface area contributed by atoms with Crippen molar-refractivity contribution in [2.45, 2.75) is 32.1 Å². The third-order valence-corrected chi connectivity index (χ3v) is 5.44. The summed E-state index contributed by atoms with van der Waals surface area (Å²) in [6, 6.07) is 5.20. The normalized spacial score (nSPS) is 13.7. The Morgan fingerprint density at radius 1 is 1.23 bits per heavy atom. The summed E-state index contributed by atoms with van der Waals surface area (Å²) in [7, 11) is 0. The summed E-state index contributed by atoms with van der Waals surface area (Å²) in [6.45, 7) is 3.59. The molecule has 2 aromatic heterocycles. The van der Waals surface area contributed by atoms with Crippen molar-refractivity contribution in [2.75, 3.05) is 0 Å². The van der Waals surface area contributed by atoms with Gasteiger partial charge >= 0.3 is 17.1 Å². The molecule has 8 heteroatoms. The highest BCUT2D eigenvalue weighted by atomic mass is 79.9. The third kappa shape index (κ3) is 2.90. The Balaban J connectivity index is 2.32. The van der Waals surface area contributed by atoms with Gasteiger partial charge in [0.25, 0.3) is 0 Å². The average molecular weight is 420 g/mol. The monoisotopic (exact) mass is 419 g/mol. The minimum absolute atomic E-state index is 0.143. The summed E-state index contributed by atoms with van der Waals surface area (Å²) >= 11 is 3.50. The molecule has 0 amide bonds. The largest absolute Gasteiger partial charge is 0.481 e. The minimum atomic E-state index is -1.23. The quantitative estimate of drug-likeness (QED) is 0.474. The van der Waals surface area contributed by atoms with Gasteiger partial charge in [0, 0.05) is 16.4 Å². The van der Waals surface area contributed by atoms with Gasteiger partial charge in [-0.3, -0.25) is 14.4 Å². The minimum Gasteiger partial charge on any atom is -0.481 e. The molecule has 0 radical (unpaired) electrons. The fraction of sp³-hybridized carbons (Fsp3) is 0.278. The van der Waals surface area contributed by atoms with Gasteiger partial charge in [0.05, 0.1) is 11.0 Å². The number of halogens is 1. The molecule has 0 fully saturated rings. The molecule has 0 spiro atoms. The van der Waals surface area contributed by atoms with Gasteiger partial charge in [-0.1, -0.05) is 22.9 Å². The highest BCUT2D eigenvalue weighted by molar-refractivity contribution is 9.10. The van der Waals surface area contributed by atoms with Crippen molar-refractivity contribution in [1.82, 2.24) is 15.0 Å². The Bertz CT molecular complexity index is 1100. The highest BCUT2D eigenvalue weighted by Gasteiger charge is 2.38. The number of carboxylic acids is 1. The average Bonchev–Trinajstić information content (AvgIpc) is 3.12. The third-order valence-electron chi connectivity index (χ3n) is 4.74. The summed E-state index contributed by atoms with van der Waals surface area (Å²) < 4.78 is 0.754. The van der Waals surface area contributed by atoms with Crippen LogP contribution in [0, 0.1) is 0 Å². The molecule has 3 aromatic rings. The van der Waals surface area contributed by atoms with E-state index in [2.05, 4.69) is 30.9 Å². The molecule has 1 unspecified atom stereocenters. The molecule has 0 aliphatic heterocycles. The Labute approximate surface area is 156 Å². The molecule has 0 bridgehead atoms. The van der Waals surface area contributed by atoms with Crippen molar-refractivity contribution in [1.29, 1.82) is 0 Å². The van der Waals surface area contributed by atoms with Gasteiger partial charge < -0.3 is 20.1 Å². The van der Waals surface area contributed by atoms with Crippen LogP contribution in [0.15, 0.2) is 38.5 Å². The highest BCUT2D eigenvalue weighted by Crippen LogP contribution is 2.34. The maximum absolute atomic E-state index is 12.1. The molecule has 26 heavy (non-hydrogen) atoms. The SMILES string of the molecule is CCc1c(Br)cc2[nH]c(=O)c(=O)[nH]c2c1CC(C)(C(=O)O)c1ccc[nH]1. The lowest BCUT2D eigenvalue weighted by atomic mass is 9.79. The molecule has 4 N–H and O–H groups in total. The molecule has 7 nitrogen and oxygen atoms in total. The zero-order valence-corrected chi connectivity index (χ0v) is 15.9. The number of benzene rings is 1. The van der Waals surface area contributed by atoms with Crippen LogP contribution in [-0.2, 0) is 23.1 Å². The second kappa shape index (κ2) is 6.60. The van der Waals surface area contributed by atoms with E-state index in [1.807, 2.05) is 6.92 Å². The van der Waals surface area contributed by atoms with E-state index in [-0.39, 0.29) is 6.42 Å².